The van der Waals surface area contributed by atoms with Gasteiger partial charge < -0.3 is 5.32 Å². The summed E-state index contributed by atoms with van der Waals surface area (Å²) in [5.74, 6) is -0.486. The van der Waals surface area contributed by atoms with Gasteiger partial charge in [-0.1, -0.05) is 31.2 Å². The molecule has 0 spiro atoms. The highest BCUT2D eigenvalue weighted by atomic mass is 19.4. The molecule has 10 heteroatoms. The van der Waals surface area contributed by atoms with Crippen molar-refractivity contribution in [1.82, 2.24) is 19.4 Å². The van der Waals surface area contributed by atoms with Crippen LogP contribution in [-0.4, -0.2) is 20.0 Å². The van der Waals surface area contributed by atoms with E-state index in [0.29, 0.717) is 10.3 Å². The maximum Gasteiger partial charge on any atom is 0.416 e. The Morgan fingerprint density at radius 2 is 1.77 bits per heavy atom. The van der Waals surface area contributed by atoms with Gasteiger partial charge in [0.05, 0.1) is 34.4 Å². The minimum absolute atomic E-state index is 0.0977. The van der Waals surface area contributed by atoms with E-state index >= 15 is 0 Å². The molecule has 1 N–H and O–H groups in total. The third-order valence-corrected chi connectivity index (χ3v) is 5.60. The van der Waals surface area contributed by atoms with E-state index in [1.807, 2.05) is 0 Å². The zero-order chi connectivity index (χ0) is 25.2. The van der Waals surface area contributed by atoms with E-state index in [1.165, 1.54) is 18.2 Å². The topological polar surface area (TPSA) is 86.0 Å². The Kier molecular flexibility index (Phi) is 6.54. The van der Waals surface area contributed by atoms with Crippen LogP contribution in [0.3, 0.4) is 0 Å². The van der Waals surface area contributed by atoms with Crippen LogP contribution in [0, 0.1) is 0 Å². The third kappa shape index (κ3) is 4.72. The highest BCUT2D eigenvalue weighted by molar-refractivity contribution is 5.84. The summed E-state index contributed by atoms with van der Waals surface area (Å²) in [4.78, 5) is 44.1. The van der Waals surface area contributed by atoms with Gasteiger partial charge in [0.1, 0.15) is 6.04 Å². The number of alkyl halides is 3. The molecule has 2 aromatic carbocycles. The number of benzene rings is 2. The number of nitrogens with one attached hydrogen (secondary N) is 1. The van der Waals surface area contributed by atoms with Crippen LogP contribution in [0.1, 0.15) is 30.6 Å². The quantitative estimate of drug-likeness (QED) is 0.453. The summed E-state index contributed by atoms with van der Waals surface area (Å²) in [6, 6.07) is 14.4. The molecule has 7 nitrogen and oxygen atoms in total. The summed E-state index contributed by atoms with van der Waals surface area (Å²) < 4.78 is 41.7. The van der Waals surface area contributed by atoms with Gasteiger partial charge in [-0.3, -0.25) is 19.1 Å². The fourth-order valence-electron chi connectivity index (χ4n) is 3.92. The summed E-state index contributed by atoms with van der Waals surface area (Å²) >= 11 is 0. The lowest BCUT2D eigenvalue weighted by Crippen LogP contribution is -2.44. The Hall–Kier alpha value is -4.21. The van der Waals surface area contributed by atoms with Crippen molar-refractivity contribution in [3.05, 3.63) is 105 Å². The molecule has 0 aliphatic heterocycles. The number of carbonyl (C=O) groups excluding carboxylic acids is 1. The standard InChI is InChI=1S/C25H21F3N4O3/c1-2-20(22(33)30-15-17-9-5-6-13-29-17)32-21-12-4-3-11-19(21)23(34)31(24(32)35)18-10-7-8-16(14-18)25(26,27)28/h3-14,20H,2,15H2,1H3,(H,30,33). The van der Waals surface area contributed by atoms with Gasteiger partial charge >= 0.3 is 11.9 Å². The van der Waals surface area contributed by atoms with Gasteiger partial charge in [-0.25, -0.2) is 9.36 Å². The molecule has 0 saturated carbocycles. The van der Waals surface area contributed by atoms with E-state index < -0.39 is 34.9 Å². The van der Waals surface area contributed by atoms with Crippen LogP contribution in [0.4, 0.5) is 13.2 Å². The molecule has 1 amide bonds. The van der Waals surface area contributed by atoms with Crippen LogP contribution in [0.15, 0.2) is 82.5 Å². The number of hydrogen-bond donors (Lipinski definition) is 1. The maximum atomic E-state index is 13.6. The predicted octanol–water partition coefficient (Wildman–Crippen LogP) is 3.83. The van der Waals surface area contributed by atoms with E-state index in [-0.39, 0.29) is 29.6 Å². The van der Waals surface area contributed by atoms with Crippen LogP contribution in [-0.2, 0) is 17.5 Å². The molecule has 0 saturated heterocycles. The van der Waals surface area contributed by atoms with Gasteiger partial charge in [0, 0.05) is 6.20 Å². The summed E-state index contributed by atoms with van der Waals surface area (Å²) in [7, 11) is 0. The molecule has 35 heavy (non-hydrogen) atoms. The molecule has 0 radical (unpaired) electrons. The van der Waals surface area contributed by atoms with E-state index in [2.05, 4.69) is 10.3 Å². The molecule has 180 valence electrons. The second-order valence-corrected chi connectivity index (χ2v) is 7.82. The Bertz CT molecular complexity index is 1490. The summed E-state index contributed by atoms with van der Waals surface area (Å²) in [6.45, 7) is 1.82. The van der Waals surface area contributed by atoms with Crippen molar-refractivity contribution in [3.63, 3.8) is 0 Å². The molecule has 0 fully saturated rings. The Morgan fingerprint density at radius 3 is 2.46 bits per heavy atom. The molecular formula is C25H21F3N4O3. The van der Waals surface area contributed by atoms with Crippen molar-refractivity contribution in [1.29, 1.82) is 0 Å². The van der Waals surface area contributed by atoms with Gasteiger partial charge in [-0.05, 0) is 48.9 Å². The molecule has 0 aliphatic rings. The number of fused-ring (bicyclic) bond motifs is 1. The lowest BCUT2D eigenvalue weighted by Gasteiger charge is -2.22. The average molecular weight is 482 g/mol. The first-order valence-corrected chi connectivity index (χ1v) is 10.8. The van der Waals surface area contributed by atoms with E-state index in [9.17, 15) is 27.6 Å². The van der Waals surface area contributed by atoms with Gasteiger partial charge in [0.15, 0.2) is 0 Å². The lowest BCUT2D eigenvalue weighted by atomic mass is 10.1. The smallest absolute Gasteiger partial charge is 0.349 e. The van der Waals surface area contributed by atoms with E-state index in [1.54, 1.807) is 43.5 Å². The normalized spacial score (nSPS) is 12.5. The molecule has 0 bridgehead atoms. The zero-order valence-electron chi connectivity index (χ0n) is 18.6. The van der Waals surface area contributed by atoms with Crippen LogP contribution in [0.2, 0.25) is 0 Å². The first kappa shape index (κ1) is 23.9. The van der Waals surface area contributed by atoms with Crippen molar-refractivity contribution in [2.24, 2.45) is 0 Å². The van der Waals surface area contributed by atoms with E-state index in [4.69, 9.17) is 0 Å². The maximum absolute atomic E-state index is 13.6. The minimum Gasteiger partial charge on any atom is -0.349 e. The Morgan fingerprint density at radius 1 is 1.03 bits per heavy atom. The molecule has 4 rings (SSSR count). The van der Waals surface area contributed by atoms with Crippen molar-refractivity contribution in [3.8, 4) is 5.69 Å². The van der Waals surface area contributed by atoms with Crippen LogP contribution < -0.4 is 16.6 Å². The number of aromatic nitrogens is 3. The number of amides is 1. The molecule has 0 aliphatic carbocycles. The van der Waals surface area contributed by atoms with Crippen molar-refractivity contribution < 1.29 is 18.0 Å². The van der Waals surface area contributed by atoms with Gasteiger partial charge in [0.2, 0.25) is 5.91 Å². The monoisotopic (exact) mass is 482 g/mol. The molecule has 2 aromatic heterocycles. The second kappa shape index (κ2) is 9.57. The Balaban J connectivity index is 1.87. The Labute approximate surface area is 197 Å². The fourth-order valence-corrected chi connectivity index (χ4v) is 3.92. The molecule has 1 unspecified atom stereocenters. The number of hydrogen-bond acceptors (Lipinski definition) is 4. The number of rotatable bonds is 6. The van der Waals surface area contributed by atoms with Crippen LogP contribution >= 0.6 is 0 Å². The SMILES string of the molecule is CCC(C(=O)NCc1ccccn1)n1c(=O)n(-c2cccc(C(F)(F)F)c2)c(=O)c2ccccc21. The van der Waals surface area contributed by atoms with Crippen molar-refractivity contribution in [2.45, 2.75) is 32.1 Å². The molecule has 1 atom stereocenters. The number of para-hydroxylation sites is 1. The van der Waals surface area contributed by atoms with Gasteiger partial charge in [-0.2, -0.15) is 13.2 Å². The zero-order valence-corrected chi connectivity index (χ0v) is 18.6. The molecular weight excluding hydrogens is 461 g/mol. The summed E-state index contributed by atoms with van der Waals surface area (Å²) in [5, 5.41) is 2.84. The number of halogens is 3. The van der Waals surface area contributed by atoms with Crippen molar-refractivity contribution >= 4 is 16.8 Å². The third-order valence-electron chi connectivity index (χ3n) is 5.60. The van der Waals surface area contributed by atoms with Crippen LogP contribution in [0.25, 0.3) is 16.6 Å². The first-order valence-electron chi connectivity index (χ1n) is 10.8. The largest absolute Gasteiger partial charge is 0.416 e. The predicted molar refractivity (Wildman–Crippen MR) is 124 cm³/mol. The minimum atomic E-state index is -4.66. The second-order valence-electron chi connectivity index (χ2n) is 7.82. The first-order chi connectivity index (χ1) is 16.7. The number of nitrogens with zero attached hydrogens (tertiary/aromatic N) is 3. The van der Waals surface area contributed by atoms with Gasteiger partial charge in [-0.15, -0.1) is 0 Å². The average Bonchev–Trinajstić information content (AvgIpc) is 2.85. The van der Waals surface area contributed by atoms with E-state index in [0.717, 1.165) is 22.8 Å². The molecule has 4 aromatic rings. The lowest BCUT2D eigenvalue weighted by molar-refractivity contribution is -0.137. The molecule has 2 heterocycles. The van der Waals surface area contributed by atoms with Gasteiger partial charge in [0.25, 0.3) is 5.56 Å². The van der Waals surface area contributed by atoms with Crippen LogP contribution in [0.5, 0.6) is 0 Å². The van der Waals surface area contributed by atoms with Crippen molar-refractivity contribution in [2.75, 3.05) is 0 Å². The fraction of sp³-hybridized carbons (Fsp3) is 0.200. The summed E-state index contributed by atoms with van der Waals surface area (Å²) in [6.07, 6.45) is -2.88. The number of pyridine rings is 1. The summed E-state index contributed by atoms with van der Waals surface area (Å²) in [5.41, 5.74) is -2.09. The highest BCUT2D eigenvalue weighted by Crippen LogP contribution is 2.30. The number of carbonyl (C=O) groups is 1. The highest BCUT2D eigenvalue weighted by Gasteiger charge is 2.31.